The lowest BCUT2D eigenvalue weighted by atomic mass is 10.2. The van der Waals surface area contributed by atoms with Gasteiger partial charge in [0.05, 0.1) is 19.8 Å². The number of hydrogen-bond acceptors (Lipinski definition) is 4. The fourth-order valence-corrected chi connectivity index (χ4v) is 2.43. The standard InChI is InChI=1S/C17H25N3O3/c21-16(14-19-17(22)15-6-2-1-3-7-15)18-8-4-5-9-20-10-12-23-13-11-20/h1-3,6-7H,4-5,8-14H2,(H,18,21)(H,19,22). The average Bonchev–Trinajstić information content (AvgIpc) is 2.61. The van der Waals surface area contributed by atoms with Gasteiger partial charge in [-0.2, -0.15) is 0 Å². The number of unbranched alkanes of at least 4 members (excludes halogenated alkanes) is 1. The van der Waals surface area contributed by atoms with E-state index < -0.39 is 0 Å². The molecule has 6 nitrogen and oxygen atoms in total. The van der Waals surface area contributed by atoms with Crippen LogP contribution in [0.1, 0.15) is 23.2 Å². The Bertz CT molecular complexity index is 487. The summed E-state index contributed by atoms with van der Waals surface area (Å²) >= 11 is 0. The van der Waals surface area contributed by atoms with Crippen molar-refractivity contribution in [2.75, 3.05) is 45.9 Å². The maximum Gasteiger partial charge on any atom is 0.251 e. The minimum absolute atomic E-state index is 0.0111. The van der Waals surface area contributed by atoms with E-state index in [9.17, 15) is 9.59 Å². The lowest BCUT2D eigenvalue weighted by Gasteiger charge is -2.26. The van der Waals surface area contributed by atoms with Gasteiger partial charge < -0.3 is 15.4 Å². The van der Waals surface area contributed by atoms with Crippen LogP contribution in [0.25, 0.3) is 0 Å². The molecule has 0 bridgehead atoms. The Morgan fingerprint density at radius 1 is 1.04 bits per heavy atom. The van der Waals surface area contributed by atoms with E-state index in [2.05, 4.69) is 15.5 Å². The zero-order valence-electron chi connectivity index (χ0n) is 13.4. The molecule has 126 valence electrons. The van der Waals surface area contributed by atoms with Gasteiger partial charge in [-0.1, -0.05) is 18.2 Å². The molecule has 1 heterocycles. The summed E-state index contributed by atoms with van der Waals surface area (Å²) in [4.78, 5) is 25.9. The Hall–Kier alpha value is -1.92. The molecule has 23 heavy (non-hydrogen) atoms. The highest BCUT2D eigenvalue weighted by molar-refractivity contribution is 5.96. The molecule has 1 aliphatic rings. The van der Waals surface area contributed by atoms with Crippen LogP contribution in [0.4, 0.5) is 0 Å². The smallest absolute Gasteiger partial charge is 0.251 e. The molecule has 0 radical (unpaired) electrons. The van der Waals surface area contributed by atoms with Crippen LogP contribution in [0.3, 0.4) is 0 Å². The van der Waals surface area contributed by atoms with Crippen LogP contribution in [0.2, 0.25) is 0 Å². The highest BCUT2D eigenvalue weighted by atomic mass is 16.5. The molecule has 2 amide bonds. The third kappa shape index (κ3) is 6.80. The predicted octanol–water partition coefficient (Wildman–Crippen LogP) is 0.645. The minimum Gasteiger partial charge on any atom is -0.379 e. The van der Waals surface area contributed by atoms with Crippen molar-refractivity contribution < 1.29 is 14.3 Å². The molecule has 2 N–H and O–H groups in total. The van der Waals surface area contributed by atoms with E-state index in [0.717, 1.165) is 45.7 Å². The first kappa shape index (κ1) is 17.4. The van der Waals surface area contributed by atoms with E-state index in [1.54, 1.807) is 24.3 Å². The second kappa shape index (κ2) is 9.97. The zero-order valence-corrected chi connectivity index (χ0v) is 13.4. The number of amides is 2. The van der Waals surface area contributed by atoms with Crippen molar-refractivity contribution in [3.63, 3.8) is 0 Å². The van der Waals surface area contributed by atoms with E-state index in [1.807, 2.05) is 6.07 Å². The third-order valence-electron chi connectivity index (χ3n) is 3.77. The average molecular weight is 319 g/mol. The summed E-state index contributed by atoms with van der Waals surface area (Å²) < 4.78 is 5.30. The molecule has 1 fully saturated rings. The second-order valence-electron chi connectivity index (χ2n) is 5.56. The monoisotopic (exact) mass is 319 g/mol. The first-order chi connectivity index (χ1) is 11.3. The lowest BCUT2D eigenvalue weighted by molar-refractivity contribution is -0.120. The molecule has 2 rings (SSSR count). The number of morpholine rings is 1. The van der Waals surface area contributed by atoms with Gasteiger partial charge in [0.15, 0.2) is 0 Å². The lowest BCUT2D eigenvalue weighted by Crippen LogP contribution is -2.38. The van der Waals surface area contributed by atoms with Crippen molar-refractivity contribution in [2.45, 2.75) is 12.8 Å². The second-order valence-corrected chi connectivity index (χ2v) is 5.56. The Morgan fingerprint density at radius 3 is 2.52 bits per heavy atom. The van der Waals surface area contributed by atoms with Crippen LogP contribution in [0.5, 0.6) is 0 Å². The van der Waals surface area contributed by atoms with Crippen molar-refractivity contribution in [1.82, 2.24) is 15.5 Å². The van der Waals surface area contributed by atoms with Gasteiger partial charge in [0.1, 0.15) is 0 Å². The highest BCUT2D eigenvalue weighted by Crippen LogP contribution is 1.99. The number of nitrogens with one attached hydrogen (secondary N) is 2. The van der Waals surface area contributed by atoms with E-state index >= 15 is 0 Å². The maximum absolute atomic E-state index is 11.8. The first-order valence-corrected chi connectivity index (χ1v) is 8.16. The third-order valence-corrected chi connectivity index (χ3v) is 3.77. The number of nitrogens with zero attached hydrogens (tertiary/aromatic N) is 1. The SMILES string of the molecule is O=C(CNC(=O)c1ccccc1)NCCCCN1CCOCC1. The fourth-order valence-electron chi connectivity index (χ4n) is 2.43. The van der Waals surface area contributed by atoms with E-state index in [0.29, 0.717) is 12.1 Å². The molecule has 0 unspecified atom stereocenters. The molecule has 1 aromatic rings. The Morgan fingerprint density at radius 2 is 1.78 bits per heavy atom. The first-order valence-electron chi connectivity index (χ1n) is 8.16. The predicted molar refractivity (Wildman–Crippen MR) is 88.3 cm³/mol. The number of benzene rings is 1. The summed E-state index contributed by atoms with van der Waals surface area (Å²) in [5.74, 6) is -0.381. The van der Waals surface area contributed by atoms with E-state index in [1.165, 1.54) is 0 Å². The fraction of sp³-hybridized carbons (Fsp3) is 0.529. The number of hydrogen-bond donors (Lipinski definition) is 2. The zero-order chi connectivity index (χ0) is 16.3. The summed E-state index contributed by atoms with van der Waals surface area (Å²) in [6.45, 7) is 5.33. The summed E-state index contributed by atoms with van der Waals surface area (Å²) in [5.41, 5.74) is 0.561. The molecule has 0 spiro atoms. The normalized spacial score (nSPS) is 15.1. The van der Waals surface area contributed by atoms with Crippen LogP contribution in [-0.4, -0.2) is 62.7 Å². The molecular weight excluding hydrogens is 294 g/mol. The van der Waals surface area contributed by atoms with Crippen molar-refractivity contribution in [1.29, 1.82) is 0 Å². The van der Waals surface area contributed by atoms with Gasteiger partial charge >= 0.3 is 0 Å². The van der Waals surface area contributed by atoms with Gasteiger partial charge in [-0.3, -0.25) is 14.5 Å². The Labute approximate surface area is 137 Å². The van der Waals surface area contributed by atoms with Crippen molar-refractivity contribution in [3.8, 4) is 0 Å². The van der Waals surface area contributed by atoms with Crippen LogP contribution in [0.15, 0.2) is 30.3 Å². The number of rotatable bonds is 8. The Kier molecular flexibility index (Phi) is 7.56. The summed E-state index contributed by atoms with van der Waals surface area (Å²) in [6.07, 6.45) is 1.99. The molecule has 0 atom stereocenters. The largest absolute Gasteiger partial charge is 0.379 e. The van der Waals surface area contributed by atoms with Crippen molar-refractivity contribution in [3.05, 3.63) is 35.9 Å². The molecule has 6 heteroatoms. The quantitative estimate of drug-likeness (QED) is 0.690. The number of carbonyl (C=O) groups is 2. The maximum atomic E-state index is 11.8. The molecule has 1 aliphatic heterocycles. The minimum atomic E-state index is -0.229. The van der Waals surface area contributed by atoms with Gasteiger partial charge in [-0.25, -0.2) is 0 Å². The highest BCUT2D eigenvalue weighted by Gasteiger charge is 2.09. The topological polar surface area (TPSA) is 70.7 Å². The van der Waals surface area contributed by atoms with E-state index in [-0.39, 0.29) is 18.4 Å². The van der Waals surface area contributed by atoms with Crippen molar-refractivity contribution >= 4 is 11.8 Å². The van der Waals surface area contributed by atoms with Crippen LogP contribution in [0, 0.1) is 0 Å². The van der Waals surface area contributed by atoms with Gasteiger partial charge in [-0.05, 0) is 31.5 Å². The summed E-state index contributed by atoms with van der Waals surface area (Å²) in [7, 11) is 0. The molecule has 0 saturated carbocycles. The molecule has 0 aromatic heterocycles. The number of carbonyl (C=O) groups excluding carboxylic acids is 2. The Balaban J connectivity index is 1.50. The van der Waals surface area contributed by atoms with Crippen molar-refractivity contribution in [2.24, 2.45) is 0 Å². The van der Waals surface area contributed by atoms with E-state index in [4.69, 9.17) is 4.74 Å². The van der Waals surface area contributed by atoms with Gasteiger partial charge in [-0.15, -0.1) is 0 Å². The van der Waals surface area contributed by atoms with Crippen LogP contribution in [-0.2, 0) is 9.53 Å². The molecular formula is C17H25N3O3. The molecule has 0 aliphatic carbocycles. The van der Waals surface area contributed by atoms with Crippen LogP contribution >= 0.6 is 0 Å². The van der Waals surface area contributed by atoms with Gasteiger partial charge in [0, 0.05) is 25.2 Å². The van der Waals surface area contributed by atoms with Gasteiger partial charge in [0.25, 0.3) is 5.91 Å². The molecule has 1 aromatic carbocycles. The number of ether oxygens (including phenoxy) is 1. The van der Waals surface area contributed by atoms with Gasteiger partial charge in [0.2, 0.25) is 5.91 Å². The summed E-state index contributed by atoms with van der Waals surface area (Å²) in [5, 5.41) is 5.45. The molecule has 1 saturated heterocycles. The summed E-state index contributed by atoms with van der Waals surface area (Å²) in [6, 6.07) is 8.88. The van der Waals surface area contributed by atoms with Crippen LogP contribution < -0.4 is 10.6 Å².